The van der Waals surface area contributed by atoms with Gasteiger partial charge in [0.1, 0.15) is 6.07 Å². The zero-order valence-corrected chi connectivity index (χ0v) is 12.5. The number of benzene rings is 1. The molecule has 3 nitrogen and oxygen atoms in total. The highest BCUT2D eigenvalue weighted by Gasteiger charge is 2.18. The third-order valence-electron chi connectivity index (χ3n) is 3.51. The predicted molar refractivity (Wildman–Crippen MR) is 77.5 cm³/mol. The van der Waals surface area contributed by atoms with Gasteiger partial charge in [0.05, 0.1) is 15.7 Å². The van der Waals surface area contributed by atoms with Crippen LogP contribution in [0.4, 0.5) is 10.1 Å². The van der Waals surface area contributed by atoms with E-state index < -0.39 is 0 Å². The van der Waals surface area contributed by atoms with Crippen LogP contribution in [0.15, 0.2) is 16.6 Å². The summed E-state index contributed by atoms with van der Waals surface area (Å²) in [5.74, 6) is 0.163. The molecule has 102 valence electrons. The van der Waals surface area contributed by atoms with Crippen molar-refractivity contribution in [3.05, 3.63) is 28.0 Å². The van der Waals surface area contributed by atoms with E-state index in [1.807, 2.05) is 6.07 Å². The Morgan fingerprint density at radius 3 is 3.05 bits per heavy atom. The van der Waals surface area contributed by atoms with Crippen LogP contribution in [0.2, 0.25) is 0 Å². The molecule has 0 spiro atoms. The van der Waals surface area contributed by atoms with E-state index in [-0.39, 0.29) is 10.3 Å². The normalized spacial score (nSPS) is 20.0. The molecule has 0 radical (unpaired) electrons. The molecule has 0 bridgehead atoms. The van der Waals surface area contributed by atoms with Crippen molar-refractivity contribution in [2.24, 2.45) is 5.92 Å². The van der Waals surface area contributed by atoms with E-state index in [4.69, 9.17) is 5.26 Å². The molecule has 0 amide bonds. The van der Waals surface area contributed by atoms with Gasteiger partial charge in [-0.2, -0.15) is 5.26 Å². The van der Waals surface area contributed by atoms with Gasteiger partial charge in [-0.25, -0.2) is 4.39 Å². The smallest absolute Gasteiger partial charge is 0.161 e. The molecule has 1 aromatic rings. The highest BCUT2D eigenvalue weighted by atomic mass is 79.9. The zero-order valence-electron chi connectivity index (χ0n) is 10.9. The molecule has 1 atom stereocenters. The van der Waals surface area contributed by atoms with Crippen molar-refractivity contribution < 1.29 is 4.39 Å². The Balaban J connectivity index is 2.00. The van der Waals surface area contributed by atoms with Gasteiger partial charge in [-0.1, -0.05) is 0 Å². The Hall–Kier alpha value is -1.12. The number of hydrogen-bond acceptors (Lipinski definition) is 3. The standard InChI is InChI=1S/C14H17BrFN3/c1-19-6-2-3-10(9-19)8-18-12-5-4-11(7-17)13(15)14(12)16/h4-5,10,18H,2-3,6,8-9H2,1H3. The Kier molecular flexibility index (Phi) is 4.78. The van der Waals surface area contributed by atoms with Crippen LogP contribution in [0.3, 0.4) is 0 Å². The number of nitrogens with one attached hydrogen (secondary N) is 1. The van der Waals surface area contributed by atoms with Gasteiger partial charge in [-0.05, 0) is 60.4 Å². The predicted octanol–water partition coefficient (Wildman–Crippen LogP) is 3.21. The monoisotopic (exact) mass is 325 g/mol. The maximum atomic E-state index is 14.0. The fourth-order valence-electron chi connectivity index (χ4n) is 2.47. The highest BCUT2D eigenvalue weighted by Crippen LogP contribution is 2.27. The van der Waals surface area contributed by atoms with E-state index in [2.05, 4.69) is 33.2 Å². The molecule has 0 saturated carbocycles. The SMILES string of the molecule is CN1CCCC(CNc2ccc(C#N)c(Br)c2F)C1. The average molecular weight is 326 g/mol. The minimum absolute atomic E-state index is 0.237. The molecule has 1 aliphatic heterocycles. The third kappa shape index (κ3) is 3.46. The van der Waals surface area contributed by atoms with Crippen LogP contribution >= 0.6 is 15.9 Å². The molecular formula is C14H17BrFN3. The first-order chi connectivity index (χ1) is 9.11. The van der Waals surface area contributed by atoms with Crippen LogP contribution in [0.1, 0.15) is 18.4 Å². The van der Waals surface area contributed by atoms with E-state index in [1.54, 1.807) is 12.1 Å². The Morgan fingerprint density at radius 1 is 1.58 bits per heavy atom. The first kappa shape index (κ1) is 14.3. The molecule has 0 aromatic heterocycles. The fourth-order valence-corrected chi connectivity index (χ4v) is 2.90. The molecule has 0 aliphatic carbocycles. The van der Waals surface area contributed by atoms with Crippen LogP contribution in [0.5, 0.6) is 0 Å². The van der Waals surface area contributed by atoms with E-state index in [1.165, 1.54) is 12.8 Å². The second-order valence-corrected chi connectivity index (χ2v) is 5.84. The minimum atomic E-state index is -0.386. The van der Waals surface area contributed by atoms with Crippen LogP contribution in [-0.4, -0.2) is 31.6 Å². The van der Waals surface area contributed by atoms with E-state index in [0.717, 1.165) is 19.6 Å². The summed E-state index contributed by atoms with van der Waals surface area (Å²) in [6.45, 7) is 2.96. The Labute approximate surface area is 121 Å². The molecule has 1 saturated heterocycles. The summed E-state index contributed by atoms with van der Waals surface area (Å²) in [5.41, 5.74) is 0.777. The van der Waals surface area contributed by atoms with Crippen LogP contribution in [-0.2, 0) is 0 Å². The molecule has 1 N–H and O–H groups in total. The van der Waals surface area contributed by atoms with Gasteiger partial charge in [0.15, 0.2) is 5.82 Å². The molecular weight excluding hydrogens is 309 g/mol. The summed E-state index contributed by atoms with van der Waals surface area (Å²) in [4.78, 5) is 2.31. The summed E-state index contributed by atoms with van der Waals surface area (Å²) >= 11 is 3.12. The molecule has 5 heteroatoms. The van der Waals surface area contributed by atoms with Crippen molar-refractivity contribution in [2.45, 2.75) is 12.8 Å². The number of nitrogens with zero attached hydrogens (tertiary/aromatic N) is 2. The van der Waals surface area contributed by atoms with Gasteiger partial charge in [0.25, 0.3) is 0 Å². The number of anilines is 1. The van der Waals surface area contributed by atoms with Gasteiger partial charge in [0.2, 0.25) is 0 Å². The first-order valence-corrected chi connectivity index (χ1v) is 7.21. The van der Waals surface area contributed by atoms with Gasteiger partial charge >= 0.3 is 0 Å². The van der Waals surface area contributed by atoms with Crippen molar-refractivity contribution in [3.63, 3.8) is 0 Å². The lowest BCUT2D eigenvalue weighted by atomic mass is 9.98. The molecule has 1 aromatic carbocycles. The molecule has 1 fully saturated rings. The number of nitriles is 1. The quantitative estimate of drug-likeness (QED) is 0.927. The number of halogens is 2. The average Bonchev–Trinajstić information content (AvgIpc) is 2.41. The van der Waals surface area contributed by atoms with Gasteiger partial charge in [-0.3, -0.25) is 0 Å². The second-order valence-electron chi connectivity index (χ2n) is 5.05. The highest BCUT2D eigenvalue weighted by molar-refractivity contribution is 9.10. The Bertz CT molecular complexity index is 498. The molecule has 19 heavy (non-hydrogen) atoms. The molecule has 1 heterocycles. The fraction of sp³-hybridized carbons (Fsp3) is 0.500. The van der Waals surface area contributed by atoms with Gasteiger partial charge < -0.3 is 10.2 Å². The van der Waals surface area contributed by atoms with Crippen molar-refractivity contribution in [2.75, 3.05) is 32.0 Å². The largest absolute Gasteiger partial charge is 0.382 e. The van der Waals surface area contributed by atoms with Crippen molar-refractivity contribution >= 4 is 21.6 Å². The van der Waals surface area contributed by atoms with Gasteiger partial charge in [-0.15, -0.1) is 0 Å². The third-order valence-corrected chi connectivity index (χ3v) is 4.28. The summed E-state index contributed by atoms with van der Waals surface area (Å²) < 4.78 is 14.2. The first-order valence-electron chi connectivity index (χ1n) is 6.42. The maximum absolute atomic E-state index is 14.0. The topological polar surface area (TPSA) is 39.1 Å². The van der Waals surface area contributed by atoms with Crippen molar-refractivity contribution in [1.29, 1.82) is 5.26 Å². The summed E-state index contributed by atoms with van der Waals surface area (Å²) in [6, 6.07) is 5.21. The van der Waals surface area contributed by atoms with E-state index >= 15 is 0 Å². The van der Waals surface area contributed by atoms with Crippen LogP contribution in [0, 0.1) is 23.1 Å². The summed E-state index contributed by atoms with van der Waals surface area (Å²) in [5, 5.41) is 12.0. The number of hydrogen-bond donors (Lipinski definition) is 1. The lowest BCUT2D eigenvalue weighted by Crippen LogP contribution is -2.35. The van der Waals surface area contributed by atoms with Gasteiger partial charge in [0, 0.05) is 13.1 Å². The summed E-state index contributed by atoms with van der Waals surface area (Å²) in [6.07, 6.45) is 2.37. The lowest BCUT2D eigenvalue weighted by molar-refractivity contribution is 0.217. The molecule has 1 aliphatic rings. The lowest BCUT2D eigenvalue weighted by Gasteiger charge is -2.30. The van der Waals surface area contributed by atoms with E-state index in [0.29, 0.717) is 17.2 Å². The van der Waals surface area contributed by atoms with E-state index in [9.17, 15) is 4.39 Å². The minimum Gasteiger partial charge on any atom is -0.382 e. The number of piperidine rings is 1. The maximum Gasteiger partial charge on any atom is 0.161 e. The second kappa shape index (κ2) is 6.36. The number of likely N-dealkylation sites (tertiary alicyclic amines) is 1. The summed E-state index contributed by atoms with van der Waals surface area (Å²) in [7, 11) is 2.12. The van der Waals surface area contributed by atoms with Crippen molar-refractivity contribution in [3.8, 4) is 6.07 Å². The van der Waals surface area contributed by atoms with Crippen LogP contribution in [0.25, 0.3) is 0 Å². The Morgan fingerprint density at radius 2 is 2.37 bits per heavy atom. The molecule has 1 unspecified atom stereocenters. The van der Waals surface area contributed by atoms with Crippen LogP contribution < -0.4 is 5.32 Å². The zero-order chi connectivity index (χ0) is 13.8. The molecule has 2 rings (SSSR count). The number of rotatable bonds is 3. The van der Waals surface area contributed by atoms with Crippen molar-refractivity contribution in [1.82, 2.24) is 4.90 Å².